The molecule has 0 aliphatic heterocycles. The first-order valence-corrected chi connectivity index (χ1v) is 6.95. The fourth-order valence-corrected chi connectivity index (χ4v) is 2.54. The molecule has 4 nitrogen and oxygen atoms in total. The smallest absolute Gasteiger partial charge is 0.251 e. The molecule has 0 radical (unpaired) electrons. The average molecular weight is 275 g/mol. The summed E-state index contributed by atoms with van der Waals surface area (Å²) in [7, 11) is 1.87. The standard InChI is InChI=1S/C14H17N3OS/c1-9-6-11(4-5-12(9)15-3)14(18)16-7-13-17-10(2)8-19-13/h4-6,8,15H,7H2,1-3H3,(H,16,18). The summed E-state index contributed by atoms with van der Waals surface area (Å²) in [4.78, 5) is 16.3. The average Bonchev–Trinajstić information content (AvgIpc) is 2.81. The van der Waals surface area contributed by atoms with E-state index < -0.39 is 0 Å². The van der Waals surface area contributed by atoms with Gasteiger partial charge in [0.2, 0.25) is 0 Å². The van der Waals surface area contributed by atoms with Crippen molar-refractivity contribution in [2.24, 2.45) is 0 Å². The lowest BCUT2D eigenvalue weighted by molar-refractivity contribution is 0.0951. The first-order valence-electron chi connectivity index (χ1n) is 6.07. The molecule has 0 unspecified atom stereocenters. The van der Waals surface area contributed by atoms with Gasteiger partial charge in [-0.2, -0.15) is 0 Å². The van der Waals surface area contributed by atoms with Gasteiger partial charge in [0.1, 0.15) is 5.01 Å². The van der Waals surface area contributed by atoms with Crippen LogP contribution in [0.4, 0.5) is 5.69 Å². The van der Waals surface area contributed by atoms with Gasteiger partial charge in [0.05, 0.1) is 6.54 Å². The molecule has 1 amide bonds. The lowest BCUT2D eigenvalue weighted by Crippen LogP contribution is -2.22. The van der Waals surface area contributed by atoms with Crippen LogP contribution in [-0.2, 0) is 6.54 Å². The number of amides is 1. The number of aryl methyl sites for hydroxylation is 2. The second-order valence-corrected chi connectivity index (χ2v) is 5.29. The van der Waals surface area contributed by atoms with Crippen molar-refractivity contribution >= 4 is 22.9 Å². The maximum atomic E-state index is 12.0. The van der Waals surface area contributed by atoms with Crippen LogP contribution in [0.2, 0.25) is 0 Å². The molecule has 0 bridgehead atoms. The second-order valence-electron chi connectivity index (χ2n) is 4.35. The van der Waals surface area contributed by atoms with E-state index in [2.05, 4.69) is 15.6 Å². The van der Waals surface area contributed by atoms with Gasteiger partial charge in [0, 0.05) is 29.4 Å². The van der Waals surface area contributed by atoms with Crippen LogP contribution in [0, 0.1) is 13.8 Å². The fourth-order valence-electron chi connectivity index (χ4n) is 1.83. The summed E-state index contributed by atoms with van der Waals surface area (Å²) in [6.07, 6.45) is 0. The molecule has 2 N–H and O–H groups in total. The monoisotopic (exact) mass is 275 g/mol. The lowest BCUT2D eigenvalue weighted by Gasteiger charge is -2.08. The van der Waals surface area contributed by atoms with Gasteiger partial charge in [0.15, 0.2) is 0 Å². The minimum atomic E-state index is -0.0707. The highest BCUT2D eigenvalue weighted by Crippen LogP contribution is 2.16. The molecule has 1 heterocycles. The third kappa shape index (κ3) is 3.32. The van der Waals surface area contributed by atoms with E-state index in [4.69, 9.17) is 0 Å². The zero-order valence-electron chi connectivity index (χ0n) is 11.3. The summed E-state index contributed by atoms with van der Waals surface area (Å²) in [5, 5.41) is 8.87. The topological polar surface area (TPSA) is 54.0 Å². The molecule has 0 spiro atoms. The number of rotatable bonds is 4. The van der Waals surface area contributed by atoms with Gasteiger partial charge in [0.25, 0.3) is 5.91 Å². The van der Waals surface area contributed by atoms with Gasteiger partial charge in [-0.3, -0.25) is 4.79 Å². The van der Waals surface area contributed by atoms with Crippen LogP contribution in [0.5, 0.6) is 0 Å². The maximum Gasteiger partial charge on any atom is 0.251 e. The summed E-state index contributed by atoms with van der Waals surface area (Å²) < 4.78 is 0. The van der Waals surface area contributed by atoms with Crippen molar-refractivity contribution in [1.29, 1.82) is 0 Å². The van der Waals surface area contributed by atoms with Crippen molar-refractivity contribution in [1.82, 2.24) is 10.3 Å². The summed E-state index contributed by atoms with van der Waals surface area (Å²) >= 11 is 1.56. The van der Waals surface area contributed by atoms with E-state index >= 15 is 0 Å². The van der Waals surface area contributed by atoms with Crippen LogP contribution < -0.4 is 10.6 Å². The van der Waals surface area contributed by atoms with Crippen LogP contribution in [-0.4, -0.2) is 17.9 Å². The molecular weight excluding hydrogens is 258 g/mol. The number of hydrogen-bond acceptors (Lipinski definition) is 4. The van der Waals surface area contributed by atoms with Gasteiger partial charge in [-0.25, -0.2) is 4.98 Å². The van der Waals surface area contributed by atoms with Gasteiger partial charge < -0.3 is 10.6 Å². The van der Waals surface area contributed by atoms with Crippen LogP contribution in [0.3, 0.4) is 0 Å². The van der Waals surface area contributed by atoms with E-state index in [0.29, 0.717) is 12.1 Å². The summed E-state index contributed by atoms with van der Waals surface area (Å²) in [5.41, 5.74) is 3.75. The molecule has 0 saturated carbocycles. The fraction of sp³-hybridized carbons (Fsp3) is 0.286. The molecule has 0 aliphatic carbocycles. The maximum absolute atomic E-state index is 12.0. The van der Waals surface area contributed by atoms with E-state index in [-0.39, 0.29) is 5.91 Å². The minimum absolute atomic E-state index is 0.0707. The third-order valence-electron chi connectivity index (χ3n) is 2.82. The number of benzene rings is 1. The Morgan fingerprint density at radius 2 is 2.16 bits per heavy atom. The zero-order chi connectivity index (χ0) is 13.8. The highest BCUT2D eigenvalue weighted by atomic mass is 32.1. The molecule has 2 rings (SSSR count). The van der Waals surface area contributed by atoms with Crippen molar-refractivity contribution in [3.8, 4) is 0 Å². The molecule has 1 aromatic heterocycles. The molecule has 19 heavy (non-hydrogen) atoms. The predicted molar refractivity (Wildman–Crippen MR) is 78.7 cm³/mol. The van der Waals surface area contributed by atoms with Crippen molar-refractivity contribution in [2.45, 2.75) is 20.4 Å². The lowest BCUT2D eigenvalue weighted by atomic mass is 10.1. The van der Waals surface area contributed by atoms with Crippen LogP contribution in [0.15, 0.2) is 23.6 Å². The normalized spacial score (nSPS) is 10.3. The van der Waals surface area contributed by atoms with Crippen LogP contribution in [0.1, 0.15) is 26.6 Å². The number of thiazole rings is 1. The van der Waals surface area contributed by atoms with Crippen LogP contribution in [0.25, 0.3) is 0 Å². The van der Waals surface area contributed by atoms with Crippen LogP contribution >= 0.6 is 11.3 Å². The Hall–Kier alpha value is -1.88. The SMILES string of the molecule is CNc1ccc(C(=O)NCc2nc(C)cs2)cc1C. The van der Waals surface area contributed by atoms with Crippen molar-refractivity contribution < 1.29 is 4.79 Å². The Bertz CT molecular complexity index is 592. The van der Waals surface area contributed by atoms with Gasteiger partial charge in [-0.05, 0) is 37.6 Å². The Kier molecular flexibility index (Phi) is 4.16. The van der Waals surface area contributed by atoms with E-state index in [1.54, 1.807) is 11.3 Å². The number of carbonyl (C=O) groups is 1. The van der Waals surface area contributed by atoms with E-state index in [9.17, 15) is 4.79 Å². The molecule has 0 aliphatic rings. The molecule has 100 valence electrons. The third-order valence-corrected chi connectivity index (χ3v) is 3.79. The number of carbonyl (C=O) groups excluding carboxylic acids is 1. The Morgan fingerprint density at radius 1 is 1.37 bits per heavy atom. The second kappa shape index (κ2) is 5.84. The number of nitrogens with zero attached hydrogens (tertiary/aromatic N) is 1. The Balaban J connectivity index is 2.01. The van der Waals surface area contributed by atoms with E-state index in [1.807, 2.05) is 44.5 Å². The molecule has 1 aromatic carbocycles. The summed E-state index contributed by atoms with van der Waals surface area (Å²) in [6.45, 7) is 4.40. The molecular formula is C14H17N3OS. The molecule has 0 atom stereocenters. The molecule has 0 fully saturated rings. The Morgan fingerprint density at radius 3 is 2.74 bits per heavy atom. The molecule has 2 aromatic rings. The molecule has 5 heteroatoms. The largest absolute Gasteiger partial charge is 0.388 e. The first-order chi connectivity index (χ1) is 9.10. The highest BCUT2D eigenvalue weighted by molar-refractivity contribution is 7.09. The number of anilines is 1. The first kappa shape index (κ1) is 13.5. The number of hydrogen-bond donors (Lipinski definition) is 2. The van der Waals surface area contributed by atoms with Crippen molar-refractivity contribution in [3.05, 3.63) is 45.4 Å². The number of aromatic nitrogens is 1. The Labute approximate surface area is 116 Å². The zero-order valence-corrected chi connectivity index (χ0v) is 12.1. The van der Waals surface area contributed by atoms with Gasteiger partial charge in [-0.1, -0.05) is 0 Å². The van der Waals surface area contributed by atoms with E-state index in [0.717, 1.165) is 22.0 Å². The van der Waals surface area contributed by atoms with Gasteiger partial charge >= 0.3 is 0 Å². The van der Waals surface area contributed by atoms with E-state index in [1.165, 1.54) is 0 Å². The molecule has 0 saturated heterocycles. The number of nitrogens with one attached hydrogen (secondary N) is 2. The summed E-state index contributed by atoms with van der Waals surface area (Å²) in [6, 6.07) is 5.62. The predicted octanol–water partition coefficient (Wildman–Crippen LogP) is 2.73. The quantitative estimate of drug-likeness (QED) is 0.902. The highest BCUT2D eigenvalue weighted by Gasteiger charge is 2.08. The van der Waals surface area contributed by atoms with Crippen molar-refractivity contribution in [3.63, 3.8) is 0 Å². The summed E-state index contributed by atoms with van der Waals surface area (Å²) in [5.74, 6) is -0.0707. The van der Waals surface area contributed by atoms with Gasteiger partial charge in [-0.15, -0.1) is 11.3 Å². The minimum Gasteiger partial charge on any atom is -0.388 e. The van der Waals surface area contributed by atoms with Crippen molar-refractivity contribution in [2.75, 3.05) is 12.4 Å².